The van der Waals surface area contributed by atoms with Gasteiger partial charge in [0.1, 0.15) is 6.61 Å². The first-order chi connectivity index (χ1) is 12.4. The van der Waals surface area contributed by atoms with Crippen molar-refractivity contribution < 1.29 is 19.1 Å². The highest BCUT2D eigenvalue weighted by Gasteiger charge is 2.61. The van der Waals surface area contributed by atoms with Gasteiger partial charge in [-0.2, -0.15) is 0 Å². The number of esters is 2. The van der Waals surface area contributed by atoms with Crippen molar-refractivity contribution in [2.45, 2.75) is 52.6 Å². The Bertz CT molecular complexity index is 695. The molecule has 1 aromatic rings. The Labute approximate surface area is 155 Å². The Kier molecular flexibility index (Phi) is 5.22. The molecule has 2 aliphatic rings. The average molecular weight is 356 g/mol. The van der Waals surface area contributed by atoms with Gasteiger partial charge in [0.2, 0.25) is 0 Å². The molecule has 2 aliphatic carbocycles. The Morgan fingerprint density at radius 2 is 1.81 bits per heavy atom. The molecular weight excluding hydrogens is 328 g/mol. The van der Waals surface area contributed by atoms with Crippen LogP contribution in [0, 0.1) is 16.7 Å². The minimum Gasteiger partial charge on any atom is -0.465 e. The summed E-state index contributed by atoms with van der Waals surface area (Å²) in [5.41, 5.74) is 0.928. The van der Waals surface area contributed by atoms with Gasteiger partial charge in [0.05, 0.1) is 6.61 Å². The van der Waals surface area contributed by atoms with E-state index in [-0.39, 0.29) is 18.6 Å². The van der Waals surface area contributed by atoms with Crippen molar-refractivity contribution in [3.05, 3.63) is 48.0 Å². The molecule has 1 aromatic carbocycles. The highest BCUT2D eigenvalue weighted by Crippen LogP contribution is 2.61. The minimum atomic E-state index is -1.18. The first-order valence-corrected chi connectivity index (χ1v) is 9.49. The summed E-state index contributed by atoms with van der Waals surface area (Å²) in [5.74, 6) is -0.554. The van der Waals surface area contributed by atoms with Crippen molar-refractivity contribution in [2.24, 2.45) is 16.7 Å². The second-order valence-electron chi connectivity index (χ2n) is 7.78. The quantitative estimate of drug-likeness (QED) is 0.445. The van der Waals surface area contributed by atoms with Gasteiger partial charge in [-0.1, -0.05) is 49.4 Å². The number of benzene rings is 1. The van der Waals surface area contributed by atoms with Crippen molar-refractivity contribution in [3.8, 4) is 0 Å². The molecule has 0 N–H and O–H groups in total. The Balaban J connectivity index is 1.80. The Morgan fingerprint density at radius 3 is 2.42 bits per heavy atom. The zero-order valence-corrected chi connectivity index (χ0v) is 15.8. The minimum absolute atomic E-state index is 0.0321. The molecule has 1 spiro atoms. The fourth-order valence-corrected chi connectivity index (χ4v) is 4.66. The summed E-state index contributed by atoms with van der Waals surface area (Å²) in [6.45, 7) is 8.56. The number of carbonyl (C=O) groups is 2. The molecule has 2 fully saturated rings. The number of allylic oxidation sites excluding steroid dienone is 1. The maximum atomic E-state index is 13.0. The first-order valence-electron chi connectivity index (χ1n) is 9.49. The van der Waals surface area contributed by atoms with Gasteiger partial charge in [-0.25, -0.2) is 0 Å². The van der Waals surface area contributed by atoms with Crippen LogP contribution in [-0.2, 0) is 25.7 Å². The Hall–Kier alpha value is -2.10. The molecule has 0 bridgehead atoms. The first kappa shape index (κ1) is 18.7. The number of ether oxygens (including phenoxy) is 2. The lowest BCUT2D eigenvalue weighted by atomic mass is 9.73. The molecule has 3 rings (SSSR count). The second-order valence-corrected chi connectivity index (χ2v) is 7.78. The monoisotopic (exact) mass is 356 g/mol. The van der Waals surface area contributed by atoms with Crippen LogP contribution < -0.4 is 0 Å². The van der Waals surface area contributed by atoms with E-state index >= 15 is 0 Å². The third-order valence-corrected chi connectivity index (χ3v) is 6.45. The third kappa shape index (κ3) is 3.17. The highest BCUT2D eigenvalue weighted by atomic mass is 16.6. The van der Waals surface area contributed by atoms with Gasteiger partial charge in [-0.15, -0.1) is 0 Å². The average Bonchev–Trinajstić information content (AvgIpc) is 3.18. The smallest absolute Gasteiger partial charge is 0.323 e. The van der Waals surface area contributed by atoms with E-state index in [1.807, 2.05) is 30.3 Å². The summed E-state index contributed by atoms with van der Waals surface area (Å²) in [6.07, 6.45) is 3.80. The van der Waals surface area contributed by atoms with Gasteiger partial charge >= 0.3 is 11.9 Å². The standard InChI is InChI=1S/C22H28O4/c1-4-25-19(23)22(20(24)26-14-18-8-6-5-7-9-18)13-12-21(15-22)11-10-16(2)17(21)3/h5-9,17H,2,4,10-15H2,1,3H3/t17-,21-,22?/m0/s1. The lowest BCUT2D eigenvalue weighted by Gasteiger charge is -2.32. The maximum absolute atomic E-state index is 13.0. The van der Waals surface area contributed by atoms with Crippen molar-refractivity contribution in [2.75, 3.05) is 6.61 Å². The third-order valence-electron chi connectivity index (χ3n) is 6.45. The van der Waals surface area contributed by atoms with Gasteiger partial charge in [0.15, 0.2) is 5.41 Å². The molecule has 4 heteroatoms. The fraction of sp³-hybridized carbons (Fsp3) is 0.545. The molecule has 1 unspecified atom stereocenters. The zero-order chi connectivity index (χ0) is 18.8. The van der Waals surface area contributed by atoms with Crippen LogP contribution in [0.15, 0.2) is 42.5 Å². The molecule has 140 valence electrons. The molecule has 3 atom stereocenters. The number of rotatable bonds is 5. The van der Waals surface area contributed by atoms with Crippen LogP contribution >= 0.6 is 0 Å². The summed E-state index contributed by atoms with van der Waals surface area (Å²) in [7, 11) is 0. The van der Waals surface area contributed by atoms with Gasteiger partial charge < -0.3 is 9.47 Å². The van der Waals surface area contributed by atoms with Crippen LogP contribution in [0.3, 0.4) is 0 Å². The molecule has 0 aromatic heterocycles. The molecule has 2 saturated carbocycles. The van der Waals surface area contributed by atoms with E-state index in [2.05, 4.69) is 13.5 Å². The van der Waals surface area contributed by atoms with E-state index in [9.17, 15) is 9.59 Å². The van der Waals surface area contributed by atoms with Crippen molar-refractivity contribution in [3.63, 3.8) is 0 Å². The van der Waals surface area contributed by atoms with Crippen LogP contribution in [0.2, 0.25) is 0 Å². The highest BCUT2D eigenvalue weighted by molar-refractivity contribution is 6.00. The largest absolute Gasteiger partial charge is 0.465 e. The Morgan fingerprint density at radius 1 is 1.12 bits per heavy atom. The maximum Gasteiger partial charge on any atom is 0.323 e. The van der Waals surface area contributed by atoms with Crippen LogP contribution in [0.1, 0.15) is 51.5 Å². The zero-order valence-electron chi connectivity index (χ0n) is 15.8. The summed E-state index contributed by atoms with van der Waals surface area (Å²) in [5, 5.41) is 0. The van der Waals surface area contributed by atoms with Crippen LogP contribution in [-0.4, -0.2) is 18.5 Å². The summed E-state index contributed by atoms with van der Waals surface area (Å²) < 4.78 is 10.9. The van der Waals surface area contributed by atoms with Crippen molar-refractivity contribution in [1.29, 1.82) is 0 Å². The van der Waals surface area contributed by atoms with Crippen LogP contribution in [0.25, 0.3) is 0 Å². The van der Waals surface area contributed by atoms with E-state index < -0.39 is 17.4 Å². The van der Waals surface area contributed by atoms with E-state index in [4.69, 9.17) is 9.47 Å². The molecule has 0 heterocycles. The second kappa shape index (κ2) is 7.26. The number of carbonyl (C=O) groups excluding carboxylic acids is 2. The van der Waals surface area contributed by atoms with E-state index in [1.165, 1.54) is 5.57 Å². The summed E-state index contributed by atoms with van der Waals surface area (Å²) in [4.78, 5) is 25.8. The molecule has 0 radical (unpaired) electrons. The molecule has 0 amide bonds. The SMILES string of the molecule is C=C1CC[C@@]2(CCC(C(=O)OCC)(C(=O)OCc3ccccc3)C2)[C@H]1C. The van der Waals surface area contributed by atoms with Gasteiger partial charge in [0.25, 0.3) is 0 Å². The summed E-state index contributed by atoms with van der Waals surface area (Å²) >= 11 is 0. The van der Waals surface area contributed by atoms with Gasteiger partial charge in [0, 0.05) is 0 Å². The molecular formula is C22H28O4. The molecule has 4 nitrogen and oxygen atoms in total. The predicted molar refractivity (Wildman–Crippen MR) is 99.1 cm³/mol. The summed E-state index contributed by atoms with van der Waals surface area (Å²) in [6, 6.07) is 9.54. The number of hydrogen-bond acceptors (Lipinski definition) is 4. The number of hydrogen-bond donors (Lipinski definition) is 0. The normalized spacial score (nSPS) is 30.5. The van der Waals surface area contributed by atoms with Crippen molar-refractivity contribution in [1.82, 2.24) is 0 Å². The van der Waals surface area contributed by atoms with E-state index in [1.54, 1.807) is 6.92 Å². The van der Waals surface area contributed by atoms with Gasteiger partial charge in [-0.05, 0) is 55.9 Å². The van der Waals surface area contributed by atoms with Gasteiger partial charge in [-0.3, -0.25) is 9.59 Å². The van der Waals surface area contributed by atoms with E-state index in [0.717, 1.165) is 24.8 Å². The topological polar surface area (TPSA) is 52.6 Å². The van der Waals surface area contributed by atoms with E-state index in [0.29, 0.717) is 18.8 Å². The van der Waals surface area contributed by atoms with Crippen LogP contribution in [0.5, 0.6) is 0 Å². The lowest BCUT2D eigenvalue weighted by Crippen LogP contribution is -2.41. The molecule has 0 aliphatic heterocycles. The fourth-order valence-electron chi connectivity index (χ4n) is 4.66. The van der Waals surface area contributed by atoms with Crippen LogP contribution in [0.4, 0.5) is 0 Å². The predicted octanol–water partition coefficient (Wildman–Crippen LogP) is 4.44. The molecule has 0 saturated heterocycles. The molecule has 26 heavy (non-hydrogen) atoms. The lowest BCUT2D eigenvalue weighted by molar-refractivity contribution is -0.173. The van der Waals surface area contributed by atoms with Crippen molar-refractivity contribution >= 4 is 11.9 Å².